The van der Waals surface area contributed by atoms with Gasteiger partial charge in [-0.25, -0.2) is 28.4 Å². The minimum Gasteiger partial charge on any atom is -0.480 e. The molecule has 3 aromatic heterocycles. The van der Waals surface area contributed by atoms with Gasteiger partial charge in [0.2, 0.25) is 11.8 Å². The van der Waals surface area contributed by atoms with E-state index in [0.29, 0.717) is 45.4 Å². The number of esters is 1. The van der Waals surface area contributed by atoms with Gasteiger partial charge in [0.05, 0.1) is 47.8 Å². The third-order valence-corrected chi connectivity index (χ3v) is 16.3. The fourth-order valence-electron chi connectivity index (χ4n) is 11.8. The summed E-state index contributed by atoms with van der Waals surface area (Å²) in [7, 11) is 0. The highest BCUT2D eigenvalue weighted by atomic mass is 19.1. The second-order valence-electron chi connectivity index (χ2n) is 21.9. The number of ether oxygens (including phenoxy) is 3. The number of alkyl carbamates (subject to hydrolysis) is 2. The number of cyclic esters (lactones) is 1. The van der Waals surface area contributed by atoms with Crippen LogP contribution in [0.1, 0.15) is 119 Å². The van der Waals surface area contributed by atoms with Gasteiger partial charge in [-0.15, -0.1) is 5.10 Å². The van der Waals surface area contributed by atoms with Crippen LogP contribution in [0.4, 0.5) is 19.7 Å². The van der Waals surface area contributed by atoms with Crippen LogP contribution >= 0.6 is 0 Å². The van der Waals surface area contributed by atoms with E-state index in [1.807, 2.05) is 48.5 Å². The number of nitrogens with zero attached hydrogens (tertiary/aromatic N) is 5. The molecular weight excluding hydrogens is 1100 g/mol. The third-order valence-electron chi connectivity index (χ3n) is 16.3. The normalized spacial score (nSPS) is 16.8. The highest BCUT2D eigenvalue weighted by Gasteiger charge is 2.46. The zero-order valence-corrected chi connectivity index (χ0v) is 46.8. The van der Waals surface area contributed by atoms with Gasteiger partial charge >= 0.3 is 24.1 Å². The van der Waals surface area contributed by atoms with Crippen molar-refractivity contribution in [2.75, 3.05) is 11.9 Å². The molecule has 85 heavy (non-hydrogen) atoms. The maximum absolute atomic E-state index is 15.6. The van der Waals surface area contributed by atoms with Crippen molar-refractivity contribution in [3.63, 3.8) is 0 Å². The summed E-state index contributed by atoms with van der Waals surface area (Å²) in [6.07, 6.45) is 0.159. The number of aromatic nitrogens is 5. The van der Waals surface area contributed by atoms with Gasteiger partial charge < -0.3 is 55.6 Å². The first kappa shape index (κ1) is 57.0. The Morgan fingerprint density at radius 3 is 2.33 bits per heavy atom. The highest BCUT2D eigenvalue weighted by Crippen LogP contribution is 2.47. The summed E-state index contributed by atoms with van der Waals surface area (Å²) in [4.78, 5) is 112. The number of carbonyl (C=O) groups is 7. The van der Waals surface area contributed by atoms with Crippen LogP contribution in [-0.2, 0) is 78.3 Å². The number of hydrogen-bond donors (Lipinski definition) is 7. The Bertz CT molecular complexity index is 3980. The number of anilines is 1. The van der Waals surface area contributed by atoms with Crippen LogP contribution in [0.15, 0.2) is 89.9 Å². The summed E-state index contributed by atoms with van der Waals surface area (Å²) in [6, 6.07) is 19.8. The van der Waals surface area contributed by atoms with Crippen molar-refractivity contribution >= 4 is 58.4 Å². The predicted molar refractivity (Wildman–Crippen MR) is 302 cm³/mol. The fourth-order valence-corrected chi connectivity index (χ4v) is 11.8. The van der Waals surface area contributed by atoms with Crippen LogP contribution < -0.4 is 32.1 Å². The highest BCUT2D eigenvalue weighted by molar-refractivity contribution is 6.01. The molecule has 5 amide bonds. The van der Waals surface area contributed by atoms with Crippen LogP contribution in [0.5, 0.6) is 0 Å². The maximum atomic E-state index is 15.6. The molecule has 2 aliphatic carbocycles. The number of carboxylic acids is 1. The number of halogens is 1. The summed E-state index contributed by atoms with van der Waals surface area (Å²) >= 11 is 0. The topological polar surface area (TPSA) is 313 Å². The molecule has 7 N–H and O–H groups in total. The molecule has 438 valence electrons. The van der Waals surface area contributed by atoms with Crippen molar-refractivity contribution in [1.29, 1.82) is 0 Å². The number of aliphatic carboxylic acids is 1. The summed E-state index contributed by atoms with van der Waals surface area (Å²) in [5.41, 5.74) is 5.33. The summed E-state index contributed by atoms with van der Waals surface area (Å²) in [6.45, 7) is 6.66. The molecule has 24 heteroatoms. The van der Waals surface area contributed by atoms with Crippen molar-refractivity contribution in [2.45, 2.75) is 116 Å². The second-order valence-corrected chi connectivity index (χ2v) is 21.9. The number of hydrogen-bond acceptors (Lipinski definition) is 15. The van der Waals surface area contributed by atoms with Crippen LogP contribution in [0.25, 0.3) is 33.4 Å². The Labute approximate surface area is 484 Å². The standard InChI is InChI=1S/C61H59FN10O13/c1-6-61(82)44-20-48-53-41(24-72(48)57(78)43(44)28-83-58(61)79)51-46(18-17-35-30(4)45(62)21-47(66-53)50(35)51)67-59(80)84-26-32-15-16-33(19-40(32)55(76)63-22-34-23-71(70-69-34)25-49(73)74)65-54(75)31(5)64-56(77)52(29(2)3)68-60(81)85-27-42-38-13-9-7-11-36(38)37-12-8-10-14-39(37)42/h7-16,19-21,23,29,31,42,46,52,82H,6,17-18,22,24-28H2,1-5H3,(H,63,76)(H,64,77)(H,65,75)(H,67,80)(H,68,81)(H,73,74)/t31-,46-,52-,61-/m0/s1. The Morgan fingerprint density at radius 2 is 1.62 bits per heavy atom. The Kier molecular flexibility index (Phi) is 15.2. The molecule has 11 rings (SSSR count). The first-order chi connectivity index (χ1) is 40.7. The number of rotatable bonds is 17. The van der Waals surface area contributed by atoms with Crippen molar-refractivity contribution < 1.29 is 62.4 Å². The minimum atomic E-state index is -2.09. The molecule has 2 aliphatic heterocycles. The summed E-state index contributed by atoms with van der Waals surface area (Å²) in [5, 5.41) is 42.7. The zero-order valence-electron chi connectivity index (χ0n) is 46.8. The average molecular weight is 1160 g/mol. The molecule has 5 heterocycles. The molecule has 0 spiro atoms. The summed E-state index contributed by atoms with van der Waals surface area (Å²) < 4.78 is 34.9. The Balaban J connectivity index is 0.795. The van der Waals surface area contributed by atoms with Crippen LogP contribution in [0, 0.1) is 18.7 Å². The maximum Gasteiger partial charge on any atom is 0.407 e. The van der Waals surface area contributed by atoms with Gasteiger partial charge in [0.25, 0.3) is 11.5 Å². The Hall–Kier alpha value is -9.84. The van der Waals surface area contributed by atoms with Crippen LogP contribution in [0.2, 0.25) is 0 Å². The number of amides is 5. The number of aliphatic hydroxyl groups is 1. The van der Waals surface area contributed by atoms with Gasteiger partial charge in [-0.1, -0.05) is 80.6 Å². The molecule has 0 unspecified atom stereocenters. The SMILES string of the molecule is CC[C@@]1(O)C(=O)OCc2c1cc1n(c2=O)Cc2c-1nc1cc(F)c(C)c3c1c2[C@@H](NC(=O)OCc1ccc(NC(=O)[C@H](C)NC(=O)[C@@H](NC(=O)OCC2c4ccccc4-c4ccccc42)C(C)C)cc1C(=O)NCc1cn(CC(=O)O)nn1)CC3. The molecular formula is C61H59FN10O13. The van der Waals surface area contributed by atoms with Crippen molar-refractivity contribution in [1.82, 2.24) is 45.8 Å². The first-order valence-electron chi connectivity index (χ1n) is 27.7. The van der Waals surface area contributed by atoms with E-state index < -0.39 is 96.0 Å². The molecule has 4 atom stereocenters. The average Bonchev–Trinajstić information content (AvgIpc) is 1.83. The minimum absolute atomic E-state index is 0.00164. The smallest absolute Gasteiger partial charge is 0.407 e. The van der Waals surface area contributed by atoms with E-state index in [1.54, 1.807) is 33.8 Å². The van der Waals surface area contributed by atoms with Crippen molar-refractivity contribution in [3.05, 3.63) is 163 Å². The van der Waals surface area contributed by atoms with Crippen LogP contribution in [-0.4, -0.2) is 95.3 Å². The molecule has 0 fully saturated rings. The molecule has 0 radical (unpaired) electrons. The number of carbonyl (C=O) groups excluding carboxylic acids is 6. The monoisotopic (exact) mass is 1160 g/mol. The van der Waals surface area contributed by atoms with Gasteiger partial charge in [0.1, 0.15) is 50.0 Å². The molecule has 23 nitrogen and oxygen atoms in total. The van der Waals surface area contributed by atoms with E-state index in [-0.39, 0.29) is 84.2 Å². The lowest BCUT2D eigenvalue weighted by Gasteiger charge is -2.31. The molecule has 0 saturated heterocycles. The van der Waals surface area contributed by atoms with E-state index in [2.05, 4.69) is 36.9 Å². The Morgan fingerprint density at radius 1 is 0.894 bits per heavy atom. The first-order valence-corrected chi connectivity index (χ1v) is 27.7. The number of fused-ring (bicyclic) bond motifs is 8. The fraction of sp³-hybridized carbons (Fsp3) is 0.328. The van der Waals surface area contributed by atoms with Gasteiger partial charge in [-0.05, 0) is 96.2 Å². The quantitative estimate of drug-likeness (QED) is 0.0403. The molecule has 7 aromatic rings. The number of pyridine rings is 2. The molecule has 0 saturated carbocycles. The van der Waals surface area contributed by atoms with Gasteiger partial charge in [-0.2, -0.15) is 0 Å². The molecule has 4 aliphatic rings. The number of benzene rings is 4. The van der Waals surface area contributed by atoms with E-state index in [9.17, 15) is 48.6 Å². The number of aryl methyl sites for hydroxylation is 1. The third kappa shape index (κ3) is 10.7. The van der Waals surface area contributed by atoms with Crippen molar-refractivity contribution in [3.8, 4) is 22.5 Å². The predicted octanol–water partition coefficient (Wildman–Crippen LogP) is 6.05. The van der Waals surface area contributed by atoms with Gasteiger partial charge in [0.15, 0.2) is 5.60 Å². The zero-order chi connectivity index (χ0) is 60.2. The lowest BCUT2D eigenvalue weighted by atomic mass is 9.81. The van der Waals surface area contributed by atoms with Crippen molar-refractivity contribution in [2.24, 2.45) is 5.92 Å². The lowest BCUT2D eigenvalue weighted by molar-refractivity contribution is -0.172. The lowest BCUT2D eigenvalue weighted by Crippen LogP contribution is -2.53. The van der Waals surface area contributed by atoms with E-state index in [0.717, 1.165) is 26.9 Å². The molecule has 0 bridgehead atoms. The summed E-state index contributed by atoms with van der Waals surface area (Å²) in [5.74, 6) is -5.24. The van der Waals surface area contributed by atoms with Gasteiger partial charge in [-0.3, -0.25) is 24.0 Å². The van der Waals surface area contributed by atoms with E-state index in [1.165, 1.54) is 42.0 Å². The van der Waals surface area contributed by atoms with E-state index >= 15 is 4.39 Å². The van der Waals surface area contributed by atoms with Crippen LogP contribution in [0.3, 0.4) is 0 Å². The van der Waals surface area contributed by atoms with E-state index in [4.69, 9.17) is 19.2 Å². The second kappa shape index (κ2) is 22.7. The van der Waals surface area contributed by atoms with Gasteiger partial charge in [0, 0.05) is 45.3 Å². The molecule has 4 aromatic carbocycles. The number of nitrogens with one attached hydrogen (secondary N) is 5. The number of carboxylic acid groups (broad SMARTS) is 1. The largest absolute Gasteiger partial charge is 0.480 e.